The monoisotopic (exact) mass is 480 g/mol. The molecule has 0 amide bonds. The summed E-state index contributed by atoms with van der Waals surface area (Å²) in [6, 6.07) is 8.04. The van der Waals surface area contributed by atoms with Gasteiger partial charge in [0.25, 0.3) is 0 Å². The Kier molecular flexibility index (Phi) is 7.00. The summed E-state index contributed by atoms with van der Waals surface area (Å²) < 4.78 is 0. The molecular formula is C26H32N4O3S. The first kappa shape index (κ1) is 24.3. The summed E-state index contributed by atoms with van der Waals surface area (Å²) in [4.78, 5) is 25.9. The number of carboxylic acid groups (broad SMARTS) is 1. The zero-order valence-corrected chi connectivity index (χ0v) is 20.9. The Labute approximate surface area is 204 Å². The van der Waals surface area contributed by atoms with Crippen LogP contribution in [0.15, 0.2) is 36.7 Å². The number of aryl methyl sites for hydroxylation is 1. The van der Waals surface area contributed by atoms with Crippen LogP contribution in [0, 0.1) is 18.8 Å². The van der Waals surface area contributed by atoms with Gasteiger partial charge in [-0.1, -0.05) is 13.8 Å². The molecule has 1 atom stereocenters. The van der Waals surface area contributed by atoms with Gasteiger partial charge in [0.15, 0.2) is 0 Å². The van der Waals surface area contributed by atoms with E-state index in [-0.39, 0.29) is 11.8 Å². The summed E-state index contributed by atoms with van der Waals surface area (Å²) in [5.74, 6) is 0.807. The average Bonchev–Trinajstić information content (AvgIpc) is 3.30. The molecule has 34 heavy (non-hydrogen) atoms. The van der Waals surface area contributed by atoms with E-state index in [1.165, 1.54) is 16.9 Å². The zero-order valence-electron chi connectivity index (χ0n) is 20.1. The van der Waals surface area contributed by atoms with E-state index in [1.807, 2.05) is 31.2 Å². The number of carbonyl (C=O) groups is 1. The van der Waals surface area contributed by atoms with Crippen LogP contribution >= 0.6 is 11.3 Å². The van der Waals surface area contributed by atoms with Gasteiger partial charge < -0.3 is 15.5 Å². The second kappa shape index (κ2) is 9.80. The predicted octanol–water partition coefficient (Wildman–Crippen LogP) is 5.87. The lowest BCUT2D eigenvalue weighted by molar-refractivity contribution is -0.144. The van der Waals surface area contributed by atoms with Crippen molar-refractivity contribution in [3.8, 4) is 10.6 Å². The molecule has 0 bridgehead atoms. The Bertz CT molecular complexity index is 1170. The first-order valence-electron chi connectivity index (χ1n) is 11.8. The minimum atomic E-state index is -1.10. The summed E-state index contributed by atoms with van der Waals surface area (Å²) in [7, 11) is 0. The molecule has 1 aliphatic rings. The quantitative estimate of drug-likeness (QED) is 0.388. The first-order chi connectivity index (χ1) is 16.1. The fraction of sp³-hybridized carbons (Fsp3) is 0.462. The highest BCUT2D eigenvalue weighted by Gasteiger charge is 2.40. The Balaban J connectivity index is 1.54. The smallest absolute Gasteiger partial charge is 0.306 e. The topological polar surface area (TPSA) is 108 Å². The van der Waals surface area contributed by atoms with E-state index in [9.17, 15) is 15.0 Å². The molecule has 0 aromatic carbocycles. The summed E-state index contributed by atoms with van der Waals surface area (Å²) in [6.07, 6.45) is 6.11. The molecule has 0 aliphatic heterocycles. The molecule has 4 rings (SSSR count). The minimum absolute atomic E-state index is 0.0101. The standard InChI is InChI=1S/C26H32N4O3S/c1-15(2)18-9-10-27-22(13-18)30-23-12-16(3)11-20(29-23)21-14-28-25(34-21)26(4,33)19-7-5-17(6-8-19)24(31)32/h9-15,17,19,33H,5-8H2,1-4H3,(H,31,32)(H,27,29,30)/t17-,19-,26?. The van der Waals surface area contributed by atoms with Gasteiger partial charge >= 0.3 is 5.97 Å². The molecule has 1 unspecified atom stereocenters. The number of rotatable bonds is 7. The van der Waals surface area contributed by atoms with Crippen molar-refractivity contribution in [3.05, 3.63) is 52.8 Å². The van der Waals surface area contributed by atoms with E-state index in [4.69, 9.17) is 4.98 Å². The molecule has 7 nitrogen and oxygen atoms in total. The summed E-state index contributed by atoms with van der Waals surface area (Å²) in [5.41, 5.74) is 1.95. The van der Waals surface area contributed by atoms with Gasteiger partial charge in [-0.3, -0.25) is 4.79 Å². The van der Waals surface area contributed by atoms with Crippen LogP contribution in [0.3, 0.4) is 0 Å². The number of hydrogen-bond donors (Lipinski definition) is 3. The Hall–Kier alpha value is -2.84. The number of pyridine rings is 2. The third kappa shape index (κ3) is 5.28. The van der Waals surface area contributed by atoms with Crippen LogP contribution in [0.1, 0.15) is 68.5 Å². The van der Waals surface area contributed by atoms with Crippen molar-refractivity contribution >= 4 is 28.9 Å². The van der Waals surface area contributed by atoms with Crippen LogP contribution in [0.5, 0.6) is 0 Å². The molecule has 1 aliphatic carbocycles. The largest absolute Gasteiger partial charge is 0.481 e. The van der Waals surface area contributed by atoms with Gasteiger partial charge in [0.1, 0.15) is 22.2 Å². The number of aliphatic carboxylic acids is 1. The third-order valence-electron chi connectivity index (χ3n) is 6.74. The summed E-state index contributed by atoms with van der Waals surface area (Å²) in [6.45, 7) is 8.12. The molecule has 3 aromatic heterocycles. The Morgan fingerprint density at radius 1 is 1.15 bits per heavy atom. The van der Waals surface area contributed by atoms with E-state index >= 15 is 0 Å². The predicted molar refractivity (Wildman–Crippen MR) is 134 cm³/mol. The molecule has 8 heteroatoms. The van der Waals surface area contributed by atoms with E-state index in [1.54, 1.807) is 19.3 Å². The molecule has 180 valence electrons. The van der Waals surface area contributed by atoms with Crippen molar-refractivity contribution in [1.29, 1.82) is 0 Å². The van der Waals surface area contributed by atoms with E-state index < -0.39 is 11.6 Å². The van der Waals surface area contributed by atoms with Crippen LogP contribution in [0.25, 0.3) is 10.6 Å². The molecule has 0 radical (unpaired) electrons. The van der Waals surface area contributed by atoms with Crippen molar-refractivity contribution in [2.45, 2.75) is 64.9 Å². The van der Waals surface area contributed by atoms with E-state index in [2.05, 4.69) is 29.1 Å². The Morgan fingerprint density at radius 2 is 1.88 bits per heavy atom. The average molecular weight is 481 g/mol. The van der Waals surface area contributed by atoms with Gasteiger partial charge in [0.05, 0.1) is 16.5 Å². The highest BCUT2D eigenvalue weighted by molar-refractivity contribution is 7.15. The zero-order chi connectivity index (χ0) is 24.5. The van der Waals surface area contributed by atoms with Gasteiger partial charge in [0, 0.05) is 12.4 Å². The van der Waals surface area contributed by atoms with Crippen molar-refractivity contribution in [2.75, 3.05) is 5.32 Å². The number of nitrogens with zero attached hydrogens (tertiary/aromatic N) is 3. The maximum atomic E-state index is 11.3. The summed E-state index contributed by atoms with van der Waals surface area (Å²) in [5, 5.41) is 24.6. The van der Waals surface area contributed by atoms with Gasteiger partial charge in [-0.25, -0.2) is 15.0 Å². The maximum Gasteiger partial charge on any atom is 0.306 e. The number of aliphatic hydroxyl groups is 1. The van der Waals surface area contributed by atoms with Crippen LogP contribution in [-0.4, -0.2) is 31.1 Å². The van der Waals surface area contributed by atoms with Crippen LogP contribution in [-0.2, 0) is 10.4 Å². The lowest BCUT2D eigenvalue weighted by atomic mass is 9.74. The number of nitrogens with one attached hydrogen (secondary N) is 1. The minimum Gasteiger partial charge on any atom is -0.481 e. The molecule has 3 heterocycles. The number of aromatic nitrogens is 3. The molecule has 0 saturated heterocycles. The Morgan fingerprint density at radius 3 is 2.56 bits per heavy atom. The van der Waals surface area contributed by atoms with E-state index in [0.29, 0.717) is 42.4 Å². The SMILES string of the molecule is Cc1cc(Nc2cc(C(C)C)ccn2)nc(-c2cnc(C(C)(O)[C@H]3CC[C@H](C(=O)O)CC3)s2)c1. The van der Waals surface area contributed by atoms with Gasteiger partial charge in [-0.05, 0) is 86.8 Å². The third-order valence-corrected chi connectivity index (χ3v) is 7.99. The van der Waals surface area contributed by atoms with Crippen LogP contribution < -0.4 is 5.32 Å². The van der Waals surface area contributed by atoms with Crippen molar-refractivity contribution in [3.63, 3.8) is 0 Å². The highest BCUT2D eigenvalue weighted by Crippen LogP contribution is 2.43. The van der Waals surface area contributed by atoms with Crippen molar-refractivity contribution in [1.82, 2.24) is 15.0 Å². The van der Waals surface area contributed by atoms with Crippen LogP contribution in [0.4, 0.5) is 11.6 Å². The van der Waals surface area contributed by atoms with E-state index in [0.717, 1.165) is 22.0 Å². The first-order valence-corrected chi connectivity index (χ1v) is 12.6. The number of hydrogen-bond acceptors (Lipinski definition) is 7. The van der Waals surface area contributed by atoms with Crippen LogP contribution in [0.2, 0.25) is 0 Å². The number of anilines is 2. The molecular weight excluding hydrogens is 448 g/mol. The number of thiazole rings is 1. The fourth-order valence-corrected chi connectivity index (χ4v) is 5.57. The lowest BCUT2D eigenvalue weighted by Gasteiger charge is -2.35. The van der Waals surface area contributed by atoms with Gasteiger partial charge in [0.2, 0.25) is 0 Å². The van der Waals surface area contributed by atoms with Gasteiger partial charge in [-0.15, -0.1) is 11.3 Å². The van der Waals surface area contributed by atoms with Crippen molar-refractivity contribution < 1.29 is 15.0 Å². The molecule has 0 spiro atoms. The second-order valence-corrected chi connectivity index (χ2v) is 10.8. The van der Waals surface area contributed by atoms with Crippen molar-refractivity contribution in [2.24, 2.45) is 11.8 Å². The highest BCUT2D eigenvalue weighted by atomic mass is 32.1. The fourth-order valence-electron chi connectivity index (χ4n) is 4.57. The van der Waals surface area contributed by atoms with Gasteiger partial charge in [-0.2, -0.15) is 0 Å². The summed E-state index contributed by atoms with van der Waals surface area (Å²) >= 11 is 1.44. The number of carboxylic acids is 1. The molecule has 1 saturated carbocycles. The lowest BCUT2D eigenvalue weighted by Crippen LogP contribution is -2.35. The normalized spacial score (nSPS) is 20.2. The molecule has 3 N–H and O–H groups in total. The molecule has 1 fully saturated rings. The maximum absolute atomic E-state index is 11.3. The molecule has 3 aromatic rings. The second-order valence-electron chi connectivity index (χ2n) is 9.73.